The highest BCUT2D eigenvalue weighted by molar-refractivity contribution is 6.28. The molecule has 1 atom stereocenters. The van der Waals surface area contributed by atoms with Gasteiger partial charge in [0, 0.05) is 30.7 Å². The number of nitrogens with one attached hydrogen (secondary N) is 2. The maximum absolute atomic E-state index is 12.8. The van der Waals surface area contributed by atoms with Crippen LogP contribution < -0.4 is 10.6 Å². The maximum atomic E-state index is 12.8. The first-order chi connectivity index (χ1) is 15.2. The molecule has 0 aromatic carbocycles. The van der Waals surface area contributed by atoms with E-state index in [0.717, 1.165) is 37.7 Å². The molecule has 32 heavy (non-hydrogen) atoms. The number of aromatic nitrogens is 2. The Bertz CT molecular complexity index is 941. The molecular formula is C23H30ClN5O3. The first-order valence-corrected chi connectivity index (χ1v) is 11.7. The summed E-state index contributed by atoms with van der Waals surface area (Å²) in [7, 11) is 0. The molecule has 2 heterocycles. The Hall–Kier alpha value is -2.53. The average Bonchev–Trinajstić information content (AvgIpc) is 3.34. The Labute approximate surface area is 193 Å². The van der Waals surface area contributed by atoms with Gasteiger partial charge in [-0.1, -0.05) is 11.8 Å². The zero-order chi connectivity index (χ0) is 22.9. The molecule has 1 aromatic rings. The van der Waals surface area contributed by atoms with Gasteiger partial charge in [0.05, 0.1) is 5.56 Å². The standard InChI is InChI=1S/C23H30ClN5O3/c1-23(2,3)32-22(31)29-10-4-5-18(29)20(30)27-17-11-14(12-17)6-7-15-13-25-21(24)28-19(15)26-16-8-9-16/h13-14,16-18H,4-5,8-12H2,1-3H3,(H,27,30)(H,25,26,28)/t14-,17+,18-/m0/s1. The number of hydrogen-bond acceptors (Lipinski definition) is 6. The second kappa shape index (κ2) is 9.14. The fourth-order valence-corrected chi connectivity index (χ4v) is 4.03. The Balaban J connectivity index is 1.28. The van der Waals surface area contributed by atoms with Crippen LogP contribution in [0.3, 0.4) is 0 Å². The van der Waals surface area contributed by atoms with Crippen LogP contribution >= 0.6 is 11.6 Å². The van der Waals surface area contributed by atoms with Crippen molar-refractivity contribution in [1.82, 2.24) is 20.2 Å². The van der Waals surface area contributed by atoms with Crippen molar-refractivity contribution in [3.63, 3.8) is 0 Å². The molecule has 0 unspecified atom stereocenters. The number of hydrogen-bond donors (Lipinski definition) is 2. The average molecular weight is 460 g/mol. The molecule has 0 bridgehead atoms. The molecule has 1 saturated heterocycles. The predicted molar refractivity (Wildman–Crippen MR) is 121 cm³/mol. The van der Waals surface area contributed by atoms with Crippen LogP contribution in [0.5, 0.6) is 0 Å². The van der Waals surface area contributed by atoms with E-state index in [1.54, 1.807) is 11.1 Å². The second-order valence-electron chi connectivity index (χ2n) is 9.79. The third kappa shape index (κ3) is 5.83. The first-order valence-electron chi connectivity index (χ1n) is 11.3. The van der Waals surface area contributed by atoms with Crippen LogP contribution in [0.2, 0.25) is 5.28 Å². The van der Waals surface area contributed by atoms with Crippen molar-refractivity contribution >= 4 is 29.4 Å². The number of carbonyl (C=O) groups excluding carboxylic acids is 2. The van der Waals surface area contributed by atoms with Crippen molar-refractivity contribution in [2.75, 3.05) is 11.9 Å². The van der Waals surface area contributed by atoms with Gasteiger partial charge in [-0.15, -0.1) is 0 Å². The lowest BCUT2D eigenvalue weighted by molar-refractivity contribution is -0.126. The predicted octanol–water partition coefficient (Wildman–Crippen LogP) is 3.35. The minimum absolute atomic E-state index is 0.0772. The van der Waals surface area contributed by atoms with Crippen molar-refractivity contribution in [1.29, 1.82) is 0 Å². The van der Waals surface area contributed by atoms with Crippen LogP contribution in [0.4, 0.5) is 10.6 Å². The van der Waals surface area contributed by atoms with Crippen molar-refractivity contribution in [2.24, 2.45) is 5.92 Å². The highest BCUT2D eigenvalue weighted by Gasteiger charge is 2.39. The largest absolute Gasteiger partial charge is 0.444 e. The van der Waals surface area contributed by atoms with E-state index < -0.39 is 17.7 Å². The molecule has 2 amide bonds. The Morgan fingerprint density at radius 1 is 1.22 bits per heavy atom. The highest BCUT2D eigenvalue weighted by Crippen LogP contribution is 2.29. The van der Waals surface area contributed by atoms with Crippen LogP contribution in [-0.2, 0) is 9.53 Å². The topological polar surface area (TPSA) is 96.5 Å². The summed E-state index contributed by atoms with van der Waals surface area (Å²) < 4.78 is 5.45. The molecular weight excluding hydrogens is 430 g/mol. The van der Waals surface area contributed by atoms with Crippen molar-refractivity contribution in [3.8, 4) is 11.8 Å². The molecule has 172 valence electrons. The normalized spacial score (nSPS) is 24.8. The zero-order valence-corrected chi connectivity index (χ0v) is 19.5. The third-order valence-electron chi connectivity index (χ3n) is 5.76. The molecule has 2 aliphatic carbocycles. The van der Waals surface area contributed by atoms with Crippen molar-refractivity contribution in [3.05, 3.63) is 17.0 Å². The summed E-state index contributed by atoms with van der Waals surface area (Å²) >= 11 is 5.92. The van der Waals surface area contributed by atoms with Crippen LogP contribution in [0.1, 0.15) is 64.9 Å². The summed E-state index contributed by atoms with van der Waals surface area (Å²) in [6, 6.07) is 0.0614. The van der Waals surface area contributed by atoms with Gasteiger partial charge in [-0.05, 0) is 70.9 Å². The van der Waals surface area contributed by atoms with E-state index in [-0.39, 0.29) is 23.2 Å². The summed E-state index contributed by atoms with van der Waals surface area (Å²) in [6.45, 7) is 6.03. The van der Waals surface area contributed by atoms with Crippen LogP contribution in [0, 0.1) is 17.8 Å². The molecule has 1 aliphatic heterocycles. The number of nitrogens with zero attached hydrogens (tertiary/aromatic N) is 3. The summed E-state index contributed by atoms with van der Waals surface area (Å²) in [4.78, 5) is 35.0. The Morgan fingerprint density at radius 3 is 2.66 bits per heavy atom. The molecule has 4 rings (SSSR count). The number of anilines is 1. The van der Waals surface area contributed by atoms with Gasteiger partial charge in [0.25, 0.3) is 0 Å². The summed E-state index contributed by atoms with van der Waals surface area (Å²) in [5.74, 6) is 7.22. The fourth-order valence-electron chi connectivity index (χ4n) is 3.89. The number of carbonyl (C=O) groups is 2. The molecule has 2 N–H and O–H groups in total. The fraction of sp³-hybridized carbons (Fsp3) is 0.652. The molecule has 9 heteroatoms. The molecule has 1 aromatic heterocycles. The Kier molecular flexibility index (Phi) is 6.47. The van der Waals surface area contributed by atoms with E-state index >= 15 is 0 Å². The van der Waals surface area contributed by atoms with Gasteiger partial charge in [0.2, 0.25) is 11.2 Å². The SMILES string of the molecule is CC(C)(C)OC(=O)N1CCC[C@H]1C(=O)N[C@H]1C[C@@H](C#Cc2cnc(Cl)nc2NC2CC2)C1. The third-order valence-corrected chi connectivity index (χ3v) is 5.94. The van der Waals surface area contributed by atoms with E-state index in [0.29, 0.717) is 24.8 Å². The smallest absolute Gasteiger partial charge is 0.410 e. The van der Waals surface area contributed by atoms with E-state index in [4.69, 9.17) is 16.3 Å². The molecule has 3 aliphatic rings. The van der Waals surface area contributed by atoms with Crippen LogP contribution in [0.15, 0.2) is 6.20 Å². The minimum Gasteiger partial charge on any atom is -0.444 e. The second-order valence-corrected chi connectivity index (χ2v) is 10.1. The first kappa shape index (κ1) is 22.7. The van der Waals surface area contributed by atoms with Gasteiger partial charge < -0.3 is 15.4 Å². The minimum atomic E-state index is -0.580. The van der Waals surface area contributed by atoms with Gasteiger partial charge in [0.15, 0.2) is 0 Å². The molecule has 3 fully saturated rings. The van der Waals surface area contributed by atoms with E-state index in [1.807, 2.05) is 20.8 Å². The zero-order valence-electron chi connectivity index (χ0n) is 18.8. The quantitative estimate of drug-likeness (QED) is 0.529. The van der Waals surface area contributed by atoms with E-state index in [1.165, 1.54) is 0 Å². The number of amides is 2. The molecule has 0 spiro atoms. The number of likely N-dealkylation sites (tertiary alicyclic amines) is 1. The van der Waals surface area contributed by atoms with Gasteiger partial charge >= 0.3 is 6.09 Å². The number of halogens is 1. The summed E-state index contributed by atoms with van der Waals surface area (Å²) in [5, 5.41) is 6.62. The molecule has 8 nitrogen and oxygen atoms in total. The lowest BCUT2D eigenvalue weighted by Gasteiger charge is -2.34. The summed E-state index contributed by atoms with van der Waals surface area (Å²) in [5.41, 5.74) is 0.164. The van der Waals surface area contributed by atoms with Gasteiger partial charge in [-0.2, -0.15) is 4.98 Å². The van der Waals surface area contributed by atoms with Crippen LogP contribution in [-0.4, -0.2) is 57.1 Å². The number of ether oxygens (including phenoxy) is 1. The van der Waals surface area contributed by atoms with Gasteiger partial charge in [0.1, 0.15) is 17.5 Å². The summed E-state index contributed by atoms with van der Waals surface area (Å²) in [6.07, 6.45) is 6.53. The van der Waals surface area contributed by atoms with Crippen LogP contribution in [0.25, 0.3) is 0 Å². The highest BCUT2D eigenvalue weighted by atomic mass is 35.5. The maximum Gasteiger partial charge on any atom is 0.410 e. The van der Waals surface area contributed by atoms with E-state index in [9.17, 15) is 9.59 Å². The van der Waals surface area contributed by atoms with Gasteiger partial charge in [-0.25, -0.2) is 9.78 Å². The van der Waals surface area contributed by atoms with Crippen molar-refractivity contribution in [2.45, 2.75) is 83.0 Å². The molecule has 2 saturated carbocycles. The van der Waals surface area contributed by atoms with Gasteiger partial charge in [-0.3, -0.25) is 9.69 Å². The number of rotatable bonds is 4. The monoisotopic (exact) mass is 459 g/mol. The Morgan fingerprint density at radius 2 is 1.97 bits per heavy atom. The lowest BCUT2D eigenvalue weighted by Crippen LogP contribution is -2.52. The van der Waals surface area contributed by atoms with E-state index in [2.05, 4.69) is 32.4 Å². The molecule has 0 radical (unpaired) electrons. The van der Waals surface area contributed by atoms with Crippen molar-refractivity contribution < 1.29 is 14.3 Å². The lowest BCUT2D eigenvalue weighted by atomic mass is 9.80.